The molecular formula is C16H16BrN3. The fraction of sp³-hybridized carbons (Fsp3) is 0.188. The Bertz CT molecular complexity index is 661. The molecule has 0 bridgehead atoms. The monoisotopic (exact) mass is 329 g/mol. The van der Waals surface area contributed by atoms with Crippen molar-refractivity contribution in [2.75, 3.05) is 17.7 Å². The van der Waals surface area contributed by atoms with Crippen LogP contribution >= 0.6 is 15.9 Å². The molecule has 2 aromatic carbocycles. The van der Waals surface area contributed by atoms with Crippen molar-refractivity contribution in [2.45, 2.75) is 13.0 Å². The average molecular weight is 330 g/mol. The van der Waals surface area contributed by atoms with Crippen LogP contribution in [0.25, 0.3) is 0 Å². The molecular weight excluding hydrogens is 314 g/mol. The number of hydrogen-bond acceptors (Lipinski definition) is 3. The van der Waals surface area contributed by atoms with Crippen LogP contribution in [0, 0.1) is 11.3 Å². The van der Waals surface area contributed by atoms with E-state index < -0.39 is 0 Å². The molecule has 1 unspecified atom stereocenters. The van der Waals surface area contributed by atoms with Gasteiger partial charge in [0.25, 0.3) is 0 Å². The summed E-state index contributed by atoms with van der Waals surface area (Å²) in [5.74, 6) is 0. The molecule has 0 aliphatic rings. The third-order valence-electron chi connectivity index (χ3n) is 3.43. The summed E-state index contributed by atoms with van der Waals surface area (Å²) in [5.41, 5.74) is 9.27. The molecule has 0 aliphatic carbocycles. The highest BCUT2D eigenvalue weighted by molar-refractivity contribution is 9.10. The van der Waals surface area contributed by atoms with E-state index >= 15 is 0 Å². The largest absolute Gasteiger partial charge is 0.399 e. The van der Waals surface area contributed by atoms with Crippen LogP contribution in [0.2, 0.25) is 0 Å². The summed E-state index contributed by atoms with van der Waals surface area (Å²) in [7, 11) is 1.98. The standard InChI is InChI=1S/C16H16BrN3/c1-11(12-4-3-5-15(19)9-12)20(2)16-7-6-14(17)8-13(16)10-18/h3-9,11H,19H2,1-2H3. The third-order valence-corrected chi connectivity index (χ3v) is 3.93. The second-order valence-corrected chi connectivity index (χ2v) is 5.65. The van der Waals surface area contributed by atoms with Crippen LogP contribution in [-0.4, -0.2) is 7.05 Å². The van der Waals surface area contributed by atoms with Gasteiger partial charge >= 0.3 is 0 Å². The first-order valence-corrected chi connectivity index (χ1v) is 7.10. The van der Waals surface area contributed by atoms with Gasteiger partial charge in [0.2, 0.25) is 0 Å². The van der Waals surface area contributed by atoms with Gasteiger partial charge in [0.15, 0.2) is 0 Å². The summed E-state index contributed by atoms with van der Waals surface area (Å²) >= 11 is 3.39. The Balaban J connectivity index is 2.36. The topological polar surface area (TPSA) is 53.0 Å². The first kappa shape index (κ1) is 14.4. The molecule has 0 saturated carbocycles. The first-order chi connectivity index (χ1) is 9.52. The van der Waals surface area contributed by atoms with Crippen molar-refractivity contribution in [3.05, 3.63) is 58.1 Å². The number of hydrogen-bond donors (Lipinski definition) is 1. The zero-order valence-electron chi connectivity index (χ0n) is 11.5. The fourth-order valence-corrected chi connectivity index (χ4v) is 2.52. The van der Waals surface area contributed by atoms with Gasteiger partial charge in [-0.25, -0.2) is 0 Å². The normalized spacial score (nSPS) is 11.7. The molecule has 102 valence electrons. The first-order valence-electron chi connectivity index (χ1n) is 6.31. The number of nitriles is 1. The lowest BCUT2D eigenvalue weighted by Crippen LogP contribution is -2.22. The maximum Gasteiger partial charge on any atom is 0.101 e. The summed E-state index contributed by atoms with van der Waals surface area (Å²) in [6.07, 6.45) is 0. The molecule has 0 spiro atoms. The van der Waals surface area contributed by atoms with Crippen LogP contribution in [-0.2, 0) is 0 Å². The van der Waals surface area contributed by atoms with E-state index in [1.807, 2.05) is 49.5 Å². The maximum atomic E-state index is 9.27. The molecule has 0 radical (unpaired) electrons. The molecule has 1 atom stereocenters. The number of rotatable bonds is 3. The third kappa shape index (κ3) is 2.94. The quantitative estimate of drug-likeness (QED) is 0.862. The zero-order valence-corrected chi connectivity index (χ0v) is 13.1. The van der Waals surface area contributed by atoms with E-state index in [1.165, 1.54) is 0 Å². The van der Waals surface area contributed by atoms with Gasteiger partial charge in [0, 0.05) is 17.2 Å². The Hall–Kier alpha value is -1.99. The van der Waals surface area contributed by atoms with Gasteiger partial charge in [-0.05, 0) is 42.8 Å². The SMILES string of the molecule is CC(c1cccc(N)c1)N(C)c1ccc(Br)cc1C#N. The summed E-state index contributed by atoms with van der Waals surface area (Å²) in [6, 6.07) is 15.9. The highest BCUT2D eigenvalue weighted by Crippen LogP contribution is 2.30. The molecule has 0 saturated heterocycles. The number of nitrogens with zero attached hydrogens (tertiary/aromatic N) is 2. The Morgan fingerprint density at radius 2 is 2.00 bits per heavy atom. The van der Waals surface area contributed by atoms with Crippen molar-refractivity contribution in [1.82, 2.24) is 0 Å². The molecule has 4 heteroatoms. The molecule has 0 fully saturated rings. The number of anilines is 2. The zero-order chi connectivity index (χ0) is 14.7. The van der Waals surface area contributed by atoms with Crippen LogP contribution in [0.15, 0.2) is 46.9 Å². The molecule has 0 aromatic heterocycles. The van der Waals surface area contributed by atoms with Gasteiger partial charge in [-0.3, -0.25) is 0 Å². The Morgan fingerprint density at radius 3 is 2.65 bits per heavy atom. The van der Waals surface area contributed by atoms with Crippen LogP contribution in [0.3, 0.4) is 0 Å². The molecule has 2 N–H and O–H groups in total. The molecule has 0 aliphatic heterocycles. The minimum atomic E-state index is 0.131. The van der Waals surface area contributed by atoms with E-state index in [9.17, 15) is 5.26 Å². The molecule has 3 nitrogen and oxygen atoms in total. The summed E-state index contributed by atoms with van der Waals surface area (Å²) in [6.45, 7) is 2.10. The van der Waals surface area contributed by atoms with Gasteiger partial charge in [-0.2, -0.15) is 5.26 Å². The van der Waals surface area contributed by atoms with E-state index in [1.54, 1.807) is 0 Å². The second kappa shape index (κ2) is 5.98. The van der Waals surface area contributed by atoms with Gasteiger partial charge in [-0.15, -0.1) is 0 Å². The van der Waals surface area contributed by atoms with Crippen LogP contribution < -0.4 is 10.6 Å². The summed E-state index contributed by atoms with van der Waals surface area (Å²) in [4.78, 5) is 2.08. The Morgan fingerprint density at radius 1 is 1.25 bits per heavy atom. The van der Waals surface area contributed by atoms with E-state index in [4.69, 9.17) is 5.73 Å². The van der Waals surface area contributed by atoms with Gasteiger partial charge in [0.1, 0.15) is 6.07 Å². The Labute approximate surface area is 127 Å². The summed E-state index contributed by atoms with van der Waals surface area (Å²) < 4.78 is 0.905. The molecule has 2 rings (SSSR count). The number of halogens is 1. The lowest BCUT2D eigenvalue weighted by molar-refractivity contribution is 0.739. The van der Waals surface area contributed by atoms with Crippen LogP contribution in [0.4, 0.5) is 11.4 Å². The highest BCUT2D eigenvalue weighted by Gasteiger charge is 2.15. The van der Waals surface area contributed by atoms with Crippen molar-refractivity contribution in [2.24, 2.45) is 0 Å². The van der Waals surface area contributed by atoms with E-state index in [-0.39, 0.29) is 6.04 Å². The minimum absolute atomic E-state index is 0.131. The minimum Gasteiger partial charge on any atom is -0.399 e. The molecule has 0 amide bonds. The maximum absolute atomic E-state index is 9.27. The van der Waals surface area contributed by atoms with E-state index in [0.29, 0.717) is 5.56 Å². The lowest BCUT2D eigenvalue weighted by Gasteiger charge is -2.28. The summed E-state index contributed by atoms with van der Waals surface area (Å²) in [5, 5.41) is 9.27. The van der Waals surface area contributed by atoms with Crippen molar-refractivity contribution >= 4 is 27.3 Å². The number of benzene rings is 2. The number of nitrogens with two attached hydrogens (primary N) is 1. The predicted octanol–water partition coefficient (Wildman–Crippen LogP) is 4.10. The number of nitrogen functional groups attached to an aromatic ring is 1. The van der Waals surface area contributed by atoms with E-state index in [2.05, 4.69) is 33.8 Å². The van der Waals surface area contributed by atoms with E-state index in [0.717, 1.165) is 21.4 Å². The predicted molar refractivity (Wildman–Crippen MR) is 86.5 cm³/mol. The van der Waals surface area contributed by atoms with Crippen molar-refractivity contribution in [3.8, 4) is 6.07 Å². The van der Waals surface area contributed by atoms with Gasteiger partial charge < -0.3 is 10.6 Å². The second-order valence-electron chi connectivity index (χ2n) is 4.73. The van der Waals surface area contributed by atoms with Gasteiger partial charge in [0.05, 0.1) is 17.3 Å². The highest BCUT2D eigenvalue weighted by atomic mass is 79.9. The molecule has 20 heavy (non-hydrogen) atoms. The average Bonchev–Trinajstić information content (AvgIpc) is 2.45. The van der Waals surface area contributed by atoms with Crippen LogP contribution in [0.1, 0.15) is 24.1 Å². The fourth-order valence-electron chi connectivity index (χ4n) is 2.16. The van der Waals surface area contributed by atoms with Crippen LogP contribution in [0.5, 0.6) is 0 Å². The van der Waals surface area contributed by atoms with Crippen molar-refractivity contribution < 1.29 is 0 Å². The van der Waals surface area contributed by atoms with Crippen molar-refractivity contribution in [3.63, 3.8) is 0 Å². The Kier molecular flexibility index (Phi) is 4.31. The smallest absolute Gasteiger partial charge is 0.101 e. The van der Waals surface area contributed by atoms with Gasteiger partial charge in [-0.1, -0.05) is 28.1 Å². The molecule has 2 aromatic rings. The lowest BCUT2D eigenvalue weighted by atomic mass is 10.0. The molecule has 0 heterocycles. The van der Waals surface area contributed by atoms with Crippen molar-refractivity contribution in [1.29, 1.82) is 5.26 Å².